The van der Waals surface area contributed by atoms with Gasteiger partial charge >= 0.3 is 0 Å². The molecule has 2 aliphatic rings. The van der Waals surface area contributed by atoms with Crippen LogP contribution in [0.15, 0.2) is 65.0 Å². The molecule has 0 radical (unpaired) electrons. The third-order valence-electron chi connectivity index (χ3n) is 6.20. The fraction of sp³-hybridized carbons (Fsp3) is 0.292. The number of rotatable bonds is 6. The second kappa shape index (κ2) is 8.62. The van der Waals surface area contributed by atoms with Crippen molar-refractivity contribution in [3.8, 4) is 16.8 Å². The first-order chi connectivity index (χ1) is 16.7. The molecule has 4 aromatic heterocycles. The summed E-state index contributed by atoms with van der Waals surface area (Å²) in [5.41, 5.74) is 4.44. The Morgan fingerprint density at radius 3 is 2.68 bits per heavy atom. The lowest BCUT2D eigenvalue weighted by Crippen LogP contribution is -2.18. The summed E-state index contributed by atoms with van der Waals surface area (Å²) in [6.45, 7) is 0. The van der Waals surface area contributed by atoms with E-state index in [1.54, 1.807) is 41.5 Å². The average molecular weight is 454 g/mol. The summed E-state index contributed by atoms with van der Waals surface area (Å²) in [5, 5.41) is 18.6. The Hall–Kier alpha value is -4.21. The molecule has 2 aliphatic carbocycles. The van der Waals surface area contributed by atoms with Crippen molar-refractivity contribution in [1.29, 1.82) is 0 Å². The summed E-state index contributed by atoms with van der Waals surface area (Å²) in [5.74, 6) is 1.75. The first-order valence-electron chi connectivity index (χ1n) is 11.4. The standard InChI is InChI=1S/C24H23N9O/c34-23-8-3-16(17-10-27-28-11-17)14-33(23)20-6-7-22(25-12-20)29-18-4-5-19(9-18)30-24-26-13-21(31-32-24)15-1-2-15/h3,6-8,10-15,19H,1-2,4-5,9H2,(H,27,28)(H,26,30,32)/t19-/m0/s1. The largest absolute Gasteiger partial charge is 0.350 e. The molecule has 4 heterocycles. The quantitative estimate of drug-likeness (QED) is 0.458. The highest BCUT2D eigenvalue weighted by Gasteiger charge is 2.26. The van der Waals surface area contributed by atoms with Crippen LogP contribution in [0.25, 0.3) is 16.8 Å². The lowest BCUT2D eigenvalue weighted by Gasteiger charge is -2.10. The minimum Gasteiger partial charge on any atom is -0.350 e. The Morgan fingerprint density at radius 1 is 1.00 bits per heavy atom. The van der Waals surface area contributed by atoms with Gasteiger partial charge in [0.15, 0.2) is 5.82 Å². The number of hydrogen-bond donors (Lipinski definition) is 2. The van der Waals surface area contributed by atoms with Gasteiger partial charge in [0, 0.05) is 53.7 Å². The summed E-state index contributed by atoms with van der Waals surface area (Å²) in [4.78, 5) is 26.0. The number of pyridine rings is 2. The van der Waals surface area contributed by atoms with E-state index in [4.69, 9.17) is 4.99 Å². The molecule has 0 unspecified atom stereocenters. The van der Waals surface area contributed by atoms with E-state index in [0.717, 1.165) is 41.8 Å². The molecule has 0 bridgehead atoms. The molecule has 0 amide bonds. The van der Waals surface area contributed by atoms with E-state index in [2.05, 4.69) is 35.7 Å². The Bertz CT molecular complexity index is 1370. The number of aromatic amines is 1. The SMILES string of the molecule is O=c1ccc(-c2cn[nH]c2)cn1-c1ccc(N=C2CC[C@H](Nc3ncc(C4CC4)nn3)C2)nc1. The van der Waals surface area contributed by atoms with Gasteiger partial charge in [-0.15, -0.1) is 10.2 Å². The lowest BCUT2D eigenvalue weighted by atomic mass is 10.1. The zero-order chi connectivity index (χ0) is 22.9. The minimum absolute atomic E-state index is 0.125. The van der Waals surface area contributed by atoms with E-state index >= 15 is 0 Å². The maximum Gasteiger partial charge on any atom is 0.255 e. The fourth-order valence-electron chi connectivity index (χ4n) is 4.17. The number of hydrogen-bond acceptors (Lipinski definition) is 8. The van der Waals surface area contributed by atoms with Crippen molar-refractivity contribution in [1.82, 2.24) is 34.9 Å². The van der Waals surface area contributed by atoms with Crippen LogP contribution < -0.4 is 10.9 Å². The van der Waals surface area contributed by atoms with Gasteiger partial charge in [-0.25, -0.2) is 15.0 Å². The van der Waals surface area contributed by atoms with E-state index in [1.807, 2.05) is 18.3 Å². The molecule has 10 nitrogen and oxygen atoms in total. The van der Waals surface area contributed by atoms with Crippen molar-refractivity contribution >= 4 is 17.5 Å². The average Bonchev–Trinajstić information content (AvgIpc) is 3.38. The summed E-state index contributed by atoms with van der Waals surface area (Å²) in [6.07, 6.45) is 13.8. The maximum atomic E-state index is 12.4. The zero-order valence-electron chi connectivity index (χ0n) is 18.4. The molecule has 0 saturated heterocycles. The minimum atomic E-state index is -0.125. The molecule has 6 rings (SSSR count). The molecule has 2 fully saturated rings. The number of aromatic nitrogens is 7. The summed E-state index contributed by atoms with van der Waals surface area (Å²) in [7, 11) is 0. The Labute approximate surface area is 195 Å². The Balaban J connectivity index is 1.13. The van der Waals surface area contributed by atoms with Crippen molar-refractivity contribution in [3.05, 3.63) is 71.3 Å². The molecular formula is C24H23N9O. The van der Waals surface area contributed by atoms with Gasteiger partial charge < -0.3 is 5.32 Å². The van der Waals surface area contributed by atoms with Crippen molar-refractivity contribution in [2.75, 3.05) is 5.32 Å². The third kappa shape index (κ3) is 4.34. The molecule has 0 spiro atoms. The van der Waals surface area contributed by atoms with Crippen molar-refractivity contribution in [3.63, 3.8) is 0 Å². The van der Waals surface area contributed by atoms with Gasteiger partial charge in [0.1, 0.15) is 0 Å². The normalized spacial score (nSPS) is 18.9. The van der Waals surface area contributed by atoms with Crippen LogP contribution in [0.5, 0.6) is 0 Å². The third-order valence-corrected chi connectivity index (χ3v) is 6.20. The predicted molar refractivity (Wildman–Crippen MR) is 128 cm³/mol. The van der Waals surface area contributed by atoms with Gasteiger partial charge in [-0.3, -0.25) is 14.5 Å². The van der Waals surface area contributed by atoms with Gasteiger partial charge in [-0.2, -0.15) is 5.10 Å². The van der Waals surface area contributed by atoms with E-state index in [-0.39, 0.29) is 11.6 Å². The number of nitrogens with one attached hydrogen (secondary N) is 2. The zero-order valence-corrected chi connectivity index (χ0v) is 18.4. The van der Waals surface area contributed by atoms with Crippen LogP contribution in [0.2, 0.25) is 0 Å². The van der Waals surface area contributed by atoms with Crippen LogP contribution >= 0.6 is 0 Å². The molecule has 1 atom stereocenters. The van der Waals surface area contributed by atoms with Gasteiger partial charge in [-0.1, -0.05) is 0 Å². The summed E-state index contributed by atoms with van der Waals surface area (Å²) in [6, 6.07) is 7.25. The highest BCUT2D eigenvalue weighted by atomic mass is 16.1. The van der Waals surface area contributed by atoms with Crippen LogP contribution in [0.1, 0.15) is 43.7 Å². The van der Waals surface area contributed by atoms with Crippen LogP contribution in [-0.4, -0.2) is 46.7 Å². The van der Waals surface area contributed by atoms with Crippen LogP contribution in [-0.2, 0) is 0 Å². The first kappa shape index (κ1) is 20.4. The number of nitrogens with zero attached hydrogens (tertiary/aromatic N) is 7. The molecular weight excluding hydrogens is 430 g/mol. The van der Waals surface area contributed by atoms with Gasteiger partial charge in [-0.05, 0) is 43.9 Å². The van der Waals surface area contributed by atoms with Crippen LogP contribution in [0.3, 0.4) is 0 Å². The van der Waals surface area contributed by atoms with E-state index in [9.17, 15) is 4.79 Å². The van der Waals surface area contributed by atoms with Crippen LogP contribution in [0.4, 0.5) is 11.8 Å². The number of H-pyrrole nitrogens is 1. The lowest BCUT2D eigenvalue weighted by molar-refractivity contribution is 0.740. The maximum absolute atomic E-state index is 12.4. The van der Waals surface area contributed by atoms with E-state index in [0.29, 0.717) is 23.4 Å². The van der Waals surface area contributed by atoms with Crippen molar-refractivity contribution < 1.29 is 0 Å². The molecule has 170 valence electrons. The molecule has 34 heavy (non-hydrogen) atoms. The molecule has 0 aromatic carbocycles. The Morgan fingerprint density at radius 2 is 1.94 bits per heavy atom. The van der Waals surface area contributed by atoms with E-state index < -0.39 is 0 Å². The highest BCUT2D eigenvalue weighted by Crippen LogP contribution is 2.38. The Kier molecular flexibility index (Phi) is 5.17. The molecule has 10 heteroatoms. The van der Waals surface area contributed by atoms with Crippen molar-refractivity contribution in [2.45, 2.75) is 44.1 Å². The summed E-state index contributed by atoms with van der Waals surface area (Å²) < 4.78 is 1.57. The summed E-state index contributed by atoms with van der Waals surface area (Å²) >= 11 is 0. The highest BCUT2D eigenvalue weighted by molar-refractivity contribution is 5.89. The first-order valence-corrected chi connectivity index (χ1v) is 11.4. The topological polar surface area (TPSA) is 127 Å². The second-order valence-electron chi connectivity index (χ2n) is 8.73. The number of aliphatic imine (C=N–C) groups is 1. The fourth-order valence-corrected chi connectivity index (χ4v) is 4.17. The molecule has 2 N–H and O–H groups in total. The second-order valence-corrected chi connectivity index (χ2v) is 8.73. The predicted octanol–water partition coefficient (Wildman–Crippen LogP) is 3.42. The smallest absolute Gasteiger partial charge is 0.255 e. The molecule has 2 saturated carbocycles. The van der Waals surface area contributed by atoms with Gasteiger partial charge in [0.2, 0.25) is 5.95 Å². The van der Waals surface area contributed by atoms with Crippen LogP contribution in [0, 0.1) is 0 Å². The van der Waals surface area contributed by atoms with Gasteiger partial charge in [0.25, 0.3) is 5.56 Å². The monoisotopic (exact) mass is 453 g/mol. The number of anilines is 1. The van der Waals surface area contributed by atoms with Gasteiger partial charge in [0.05, 0.1) is 30.0 Å². The van der Waals surface area contributed by atoms with E-state index in [1.165, 1.54) is 12.8 Å². The van der Waals surface area contributed by atoms with Crippen molar-refractivity contribution in [2.24, 2.45) is 4.99 Å². The molecule has 4 aromatic rings. The molecule has 0 aliphatic heterocycles.